The van der Waals surface area contributed by atoms with Gasteiger partial charge in [0.2, 0.25) is 0 Å². The summed E-state index contributed by atoms with van der Waals surface area (Å²) < 4.78 is 1.23. The molecule has 0 spiro atoms. The second-order valence-electron chi connectivity index (χ2n) is 8.75. The molecule has 2 aromatic rings. The minimum atomic E-state index is -0.762. The van der Waals surface area contributed by atoms with Crippen molar-refractivity contribution in [1.82, 2.24) is 4.40 Å². The third kappa shape index (κ3) is 7.90. The number of hydrogen-bond donors (Lipinski definition) is 1. The van der Waals surface area contributed by atoms with E-state index >= 15 is 0 Å². The van der Waals surface area contributed by atoms with Crippen molar-refractivity contribution in [3.8, 4) is 6.07 Å². The Morgan fingerprint density at radius 1 is 1.20 bits per heavy atom. The van der Waals surface area contributed by atoms with Crippen LogP contribution < -0.4 is 0 Å². The number of nitrogens with zero attached hydrogens (tertiary/aromatic N) is 2. The number of aromatic nitrogens is 1. The molecule has 1 aliphatic carbocycles. The number of fused-ring (bicyclic) bond motifs is 1. The summed E-state index contributed by atoms with van der Waals surface area (Å²) in [6, 6.07) is 7.93. The van der Waals surface area contributed by atoms with E-state index in [0.29, 0.717) is 18.4 Å². The molecule has 0 bridgehead atoms. The number of carboxylic acid groups (broad SMARTS) is 1. The minimum absolute atomic E-state index is 0.608. The lowest BCUT2D eigenvalue weighted by atomic mass is 9.84. The largest absolute Gasteiger partial charge is 0.480 e. The van der Waals surface area contributed by atoms with Crippen molar-refractivity contribution in [2.45, 2.75) is 91.2 Å². The van der Waals surface area contributed by atoms with E-state index in [4.69, 9.17) is 0 Å². The number of hydrogen-bond acceptors (Lipinski definition) is 3. The number of aliphatic carboxylic acids is 1. The standard InChI is InChI=1S/C22H22N2O2S.2C4H10/c1-4-7-20(27-22(21(25)26)10-6-11-22)17(5-2)18-9-8-16(13-23)19-12-15(3)14-24(18)19;2*1-3-4-2/h4-5,7-9,12,14H,2,6,10-11H2,1,3H3,(H,25,26);2*3-4H2,1-2H3/b7-4-,20-17-;;. The zero-order valence-electron chi connectivity index (χ0n) is 22.4. The molecule has 3 rings (SSSR count). The first-order chi connectivity index (χ1) is 16.8. The quantitative estimate of drug-likeness (QED) is 0.372. The molecule has 0 saturated heterocycles. The Balaban J connectivity index is 0.000000668. The molecule has 0 unspecified atom stereocenters. The van der Waals surface area contributed by atoms with Crippen LogP contribution in [0.3, 0.4) is 0 Å². The minimum Gasteiger partial charge on any atom is -0.480 e. The molecule has 1 fully saturated rings. The number of aryl methyl sites for hydroxylation is 1. The average molecular weight is 495 g/mol. The molecule has 5 heteroatoms. The van der Waals surface area contributed by atoms with Crippen molar-refractivity contribution < 1.29 is 9.90 Å². The van der Waals surface area contributed by atoms with E-state index in [0.717, 1.165) is 33.7 Å². The molecule has 1 N–H and O–H groups in total. The van der Waals surface area contributed by atoms with Gasteiger partial charge in [0.1, 0.15) is 10.8 Å². The number of rotatable bonds is 8. The third-order valence-corrected chi connectivity index (χ3v) is 7.49. The van der Waals surface area contributed by atoms with Crippen LogP contribution in [0.25, 0.3) is 11.1 Å². The number of carboxylic acids is 1. The second-order valence-corrected chi connectivity index (χ2v) is 10.2. The van der Waals surface area contributed by atoms with E-state index in [9.17, 15) is 15.2 Å². The van der Waals surface area contributed by atoms with Crippen LogP contribution in [0.15, 0.2) is 54.1 Å². The van der Waals surface area contributed by atoms with Gasteiger partial charge in [0.05, 0.1) is 16.8 Å². The highest BCUT2D eigenvalue weighted by atomic mass is 32.2. The smallest absolute Gasteiger partial charge is 0.320 e. The zero-order chi connectivity index (χ0) is 26.4. The topological polar surface area (TPSA) is 65.5 Å². The predicted octanol–water partition coefficient (Wildman–Crippen LogP) is 8.95. The lowest BCUT2D eigenvalue weighted by Gasteiger charge is -2.37. The van der Waals surface area contributed by atoms with E-state index in [1.165, 1.54) is 37.4 Å². The van der Waals surface area contributed by atoms with Gasteiger partial charge < -0.3 is 9.51 Å². The van der Waals surface area contributed by atoms with Gasteiger partial charge in [-0.2, -0.15) is 5.26 Å². The SMILES string of the molecule is C=C/C(=C(\C=C/C)SC1(C(=O)O)CCC1)c1ccc(C#N)c2cc(C)cn12.CCCC.CCCC. The highest BCUT2D eigenvalue weighted by Gasteiger charge is 2.46. The van der Waals surface area contributed by atoms with Crippen molar-refractivity contribution >= 4 is 28.8 Å². The number of thioether (sulfide) groups is 1. The van der Waals surface area contributed by atoms with Gasteiger partial charge in [-0.15, -0.1) is 11.8 Å². The lowest BCUT2D eigenvalue weighted by molar-refractivity contribution is -0.142. The van der Waals surface area contributed by atoms with E-state index in [-0.39, 0.29) is 0 Å². The molecule has 35 heavy (non-hydrogen) atoms. The van der Waals surface area contributed by atoms with Gasteiger partial charge in [-0.25, -0.2) is 0 Å². The number of unbranched alkanes of at least 4 members (excludes halogenated alkanes) is 2. The van der Waals surface area contributed by atoms with Crippen LogP contribution in [-0.4, -0.2) is 20.2 Å². The van der Waals surface area contributed by atoms with Gasteiger partial charge in [-0.05, 0) is 56.9 Å². The molecule has 0 aromatic carbocycles. The Morgan fingerprint density at radius 2 is 1.80 bits per heavy atom. The van der Waals surface area contributed by atoms with Gasteiger partial charge in [-0.3, -0.25) is 4.79 Å². The van der Waals surface area contributed by atoms with Crippen LogP contribution in [0.4, 0.5) is 0 Å². The maximum absolute atomic E-state index is 11.9. The average Bonchev–Trinajstić information content (AvgIpc) is 3.23. The van der Waals surface area contributed by atoms with Gasteiger partial charge >= 0.3 is 5.97 Å². The second kappa shape index (κ2) is 15.3. The molecule has 0 radical (unpaired) electrons. The number of carbonyl (C=O) groups is 1. The van der Waals surface area contributed by atoms with Crippen molar-refractivity contribution in [3.05, 3.63) is 70.9 Å². The fourth-order valence-corrected chi connectivity index (χ4v) is 4.88. The molecule has 2 heterocycles. The van der Waals surface area contributed by atoms with Crippen LogP contribution in [0.2, 0.25) is 0 Å². The van der Waals surface area contributed by atoms with Crippen LogP contribution in [0.1, 0.15) is 96.4 Å². The molecule has 2 aromatic heterocycles. The number of nitriles is 1. The zero-order valence-corrected chi connectivity index (χ0v) is 23.2. The van der Waals surface area contributed by atoms with Crippen LogP contribution in [0.5, 0.6) is 0 Å². The van der Waals surface area contributed by atoms with E-state index in [1.807, 2.05) is 54.8 Å². The first kappa shape index (κ1) is 30.3. The van der Waals surface area contributed by atoms with Gasteiger partial charge in [-0.1, -0.05) is 78.2 Å². The summed E-state index contributed by atoms with van der Waals surface area (Å²) in [5.41, 5.74) is 4.27. The summed E-state index contributed by atoms with van der Waals surface area (Å²) in [5.74, 6) is -0.758. The Labute approximate surface area is 216 Å². The van der Waals surface area contributed by atoms with Gasteiger partial charge in [0.15, 0.2) is 0 Å². The number of pyridine rings is 1. The molecule has 190 valence electrons. The summed E-state index contributed by atoms with van der Waals surface area (Å²) in [7, 11) is 0. The summed E-state index contributed by atoms with van der Waals surface area (Å²) in [6.07, 6.45) is 15.2. The van der Waals surface area contributed by atoms with Crippen molar-refractivity contribution in [3.63, 3.8) is 0 Å². The highest BCUT2D eigenvalue weighted by Crippen LogP contribution is 2.49. The van der Waals surface area contributed by atoms with Crippen LogP contribution >= 0.6 is 11.8 Å². The monoisotopic (exact) mass is 494 g/mol. The first-order valence-electron chi connectivity index (χ1n) is 12.7. The molecular weight excluding hydrogens is 452 g/mol. The van der Waals surface area contributed by atoms with Crippen LogP contribution in [-0.2, 0) is 4.79 Å². The van der Waals surface area contributed by atoms with E-state index in [1.54, 1.807) is 6.08 Å². The van der Waals surface area contributed by atoms with Crippen molar-refractivity contribution in [2.24, 2.45) is 0 Å². The summed E-state index contributed by atoms with van der Waals surface area (Å²) in [6.45, 7) is 16.6. The molecule has 0 atom stereocenters. The summed E-state index contributed by atoms with van der Waals surface area (Å²) >= 11 is 1.41. The molecule has 0 amide bonds. The van der Waals surface area contributed by atoms with Crippen molar-refractivity contribution in [1.29, 1.82) is 5.26 Å². The van der Waals surface area contributed by atoms with Gasteiger partial charge in [0, 0.05) is 16.7 Å². The third-order valence-electron chi connectivity index (χ3n) is 5.94. The Bertz CT molecular complexity index is 1070. The maximum atomic E-state index is 11.9. The van der Waals surface area contributed by atoms with Gasteiger partial charge in [0.25, 0.3) is 0 Å². The Kier molecular flexibility index (Phi) is 13.3. The normalized spacial score (nSPS) is 14.5. The Hall–Kier alpha value is -2.71. The lowest BCUT2D eigenvalue weighted by Crippen LogP contribution is -2.41. The molecule has 1 saturated carbocycles. The Morgan fingerprint density at radius 3 is 2.20 bits per heavy atom. The molecule has 1 aliphatic rings. The first-order valence-corrected chi connectivity index (χ1v) is 13.5. The van der Waals surface area contributed by atoms with E-state index in [2.05, 4.69) is 40.3 Å². The molecular formula is C30H42N2O2S. The number of allylic oxidation sites excluding steroid dienone is 4. The summed E-state index contributed by atoms with van der Waals surface area (Å²) in [4.78, 5) is 12.7. The van der Waals surface area contributed by atoms with Crippen molar-refractivity contribution in [2.75, 3.05) is 0 Å². The molecule has 4 nitrogen and oxygen atoms in total. The molecule has 0 aliphatic heterocycles. The fourth-order valence-electron chi connectivity index (χ4n) is 3.37. The summed E-state index contributed by atoms with van der Waals surface area (Å²) in [5, 5.41) is 19.1. The maximum Gasteiger partial charge on any atom is 0.320 e. The van der Waals surface area contributed by atoms with E-state index < -0.39 is 10.7 Å². The van der Waals surface area contributed by atoms with Crippen LogP contribution in [0, 0.1) is 18.3 Å². The fraction of sp³-hybridized carbons (Fsp3) is 0.467. The highest BCUT2D eigenvalue weighted by molar-refractivity contribution is 8.05. The predicted molar refractivity (Wildman–Crippen MR) is 152 cm³/mol.